The summed E-state index contributed by atoms with van der Waals surface area (Å²) in [6.07, 6.45) is 3.66. The fourth-order valence-electron chi connectivity index (χ4n) is 2.48. The maximum atomic E-state index is 11.8. The Kier molecular flexibility index (Phi) is 4.72. The summed E-state index contributed by atoms with van der Waals surface area (Å²) >= 11 is 1.18. The van der Waals surface area contributed by atoms with Crippen LogP contribution in [0.5, 0.6) is 0 Å². The van der Waals surface area contributed by atoms with E-state index in [0.717, 1.165) is 13.1 Å². The molecule has 1 aromatic heterocycles. The maximum absolute atomic E-state index is 11.8. The molecule has 0 spiro atoms. The van der Waals surface area contributed by atoms with E-state index >= 15 is 0 Å². The standard InChI is InChI=1S/C14H21N3O3S/c1-3-17(7-8-5-4-6-8)13-9(12(16)18)10(15)11(21-13)14(19)20-2/h8H,3-7,15H2,1-2H3,(H2,16,18). The van der Waals surface area contributed by atoms with E-state index in [4.69, 9.17) is 16.2 Å². The second kappa shape index (κ2) is 6.34. The van der Waals surface area contributed by atoms with Crippen molar-refractivity contribution in [1.29, 1.82) is 0 Å². The molecule has 0 atom stereocenters. The monoisotopic (exact) mass is 311 g/mol. The van der Waals surface area contributed by atoms with E-state index in [1.807, 2.05) is 6.92 Å². The molecule has 1 aliphatic carbocycles. The van der Waals surface area contributed by atoms with Crippen molar-refractivity contribution < 1.29 is 14.3 Å². The summed E-state index contributed by atoms with van der Waals surface area (Å²) in [4.78, 5) is 25.8. The van der Waals surface area contributed by atoms with Crippen LogP contribution in [-0.2, 0) is 4.74 Å². The summed E-state index contributed by atoms with van der Waals surface area (Å²) in [6.45, 7) is 3.60. The Balaban J connectivity index is 2.39. The first-order valence-electron chi connectivity index (χ1n) is 7.04. The highest BCUT2D eigenvalue weighted by Crippen LogP contribution is 2.40. The van der Waals surface area contributed by atoms with Crippen molar-refractivity contribution in [2.45, 2.75) is 26.2 Å². The third kappa shape index (κ3) is 2.97. The average molecular weight is 311 g/mol. The molecule has 2 rings (SSSR count). The van der Waals surface area contributed by atoms with Crippen molar-refractivity contribution >= 4 is 33.9 Å². The molecule has 21 heavy (non-hydrogen) atoms. The van der Waals surface area contributed by atoms with Crippen molar-refractivity contribution in [3.8, 4) is 0 Å². The molecular formula is C14H21N3O3S. The zero-order chi connectivity index (χ0) is 15.6. The van der Waals surface area contributed by atoms with Crippen LogP contribution in [0.2, 0.25) is 0 Å². The van der Waals surface area contributed by atoms with Gasteiger partial charge in [-0.3, -0.25) is 4.79 Å². The quantitative estimate of drug-likeness (QED) is 0.781. The van der Waals surface area contributed by atoms with Gasteiger partial charge in [-0.15, -0.1) is 11.3 Å². The Morgan fingerprint density at radius 3 is 2.52 bits per heavy atom. The van der Waals surface area contributed by atoms with Crippen LogP contribution in [0.4, 0.5) is 10.7 Å². The molecule has 0 saturated heterocycles. The number of thiophene rings is 1. The zero-order valence-corrected chi connectivity index (χ0v) is 13.2. The number of carbonyl (C=O) groups excluding carboxylic acids is 2. The summed E-state index contributed by atoms with van der Waals surface area (Å²) < 4.78 is 4.71. The second-order valence-electron chi connectivity index (χ2n) is 5.22. The molecule has 1 heterocycles. The van der Waals surface area contributed by atoms with Gasteiger partial charge in [0.1, 0.15) is 9.88 Å². The lowest BCUT2D eigenvalue weighted by molar-refractivity contribution is 0.0607. The minimum atomic E-state index is -0.610. The molecule has 1 aliphatic rings. The van der Waals surface area contributed by atoms with Gasteiger partial charge in [-0.05, 0) is 25.7 Å². The Hall–Kier alpha value is -1.76. The van der Waals surface area contributed by atoms with Gasteiger partial charge in [0.2, 0.25) is 0 Å². The molecule has 1 amide bonds. The summed E-state index contributed by atoms with van der Waals surface area (Å²) in [5, 5.41) is 0.676. The molecule has 4 N–H and O–H groups in total. The van der Waals surface area contributed by atoms with Crippen molar-refractivity contribution in [2.24, 2.45) is 11.7 Å². The van der Waals surface area contributed by atoms with Crippen LogP contribution >= 0.6 is 11.3 Å². The number of carbonyl (C=O) groups is 2. The molecule has 7 heteroatoms. The number of methoxy groups -OCH3 is 1. The molecule has 1 fully saturated rings. The number of hydrogen-bond donors (Lipinski definition) is 2. The Morgan fingerprint density at radius 2 is 2.10 bits per heavy atom. The van der Waals surface area contributed by atoms with Crippen molar-refractivity contribution in [3.05, 3.63) is 10.4 Å². The van der Waals surface area contributed by atoms with Gasteiger partial charge in [-0.1, -0.05) is 6.42 Å². The largest absolute Gasteiger partial charge is 0.465 e. The molecule has 1 saturated carbocycles. The molecule has 1 aromatic rings. The lowest BCUT2D eigenvalue weighted by Gasteiger charge is -2.32. The molecule has 0 aromatic carbocycles. The highest BCUT2D eigenvalue weighted by atomic mass is 32.1. The first-order chi connectivity index (χ1) is 9.99. The zero-order valence-electron chi connectivity index (χ0n) is 12.3. The number of nitrogens with two attached hydrogens (primary N) is 2. The van der Waals surface area contributed by atoms with Crippen molar-refractivity contribution in [1.82, 2.24) is 0 Å². The van der Waals surface area contributed by atoms with Gasteiger partial charge in [0.15, 0.2) is 0 Å². The van der Waals surface area contributed by atoms with Gasteiger partial charge in [-0.25, -0.2) is 4.79 Å². The van der Waals surface area contributed by atoms with E-state index in [-0.39, 0.29) is 16.1 Å². The van der Waals surface area contributed by atoms with E-state index in [0.29, 0.717) is 10.9 Å². The normalized spacial score (nSPS) is 14.6. The second-order valence-corrected chi connectivity index (χ2v) is 6.22. The van der Waals surface area contributed by atoms with E-state index in [1.54, 1.807) is 0 Å². The number of anilines is 2. The lowest BCUT2D eigenvalue weighted by Crippen LogP contribution is -2.33. The van der Waals surface area contributed by atoms with Crippen LogP contribution in [0.3, 0.4) is 0 Å². The number of hydrogen-bond acceptors (Lipinski definition) is 6. The third-order valence-electron chi connectivity index (χ3n) is 3.92. The Labute approximate surface area is 128 Å². The van der Waals surface area contributed by atoms with Crippen LogP contribution in [0.1, 0.15) is 46.2 Å². The van der Waals surface area contributed by atoms with E-state index in [2.05, 4.69) is 4.90 Å². The Morgan fingerprint density at radius 1 is 1.43 bits per heavy atom. The van der Waals surface area contributed by atoms with Crippen LogP contribution in [0.25, 0.3) is 0 Å². The summed E-state index contributed by atoms with van der Waals surface area (Å²) in [5.74, 6) is -0.512. The predicted octanol–water partition coefficient (Wildman–Crippen LogP) is 1.84. The van der Waals surface area contributed by atoms with Crippen molar-refractivity contribution in [3.63, 3.8) is 0 Å². The summed E-state index contributed by atoms with van der Waals surface area (Å²) in [6, 6.07) is 0. The molecule has 0 aliphatic heterocycles. The van der Waals surface area contributed by atoms with Crippen LogP contribution in [0, 0.1) is 5.92 Å². The SMILES string of the molecule is CCN(CC1CCC1)c1sc(C(=O)OC)c(N)c1C(N)=O. The van der Waals surface area contributed by atoms with Crippen LogP contribution < -0.4 is 16.4 Å². The number of ether oxygens (including phenoxy) is 1. The molecule has 0 radical (unpaired) electrons. The van der Waals surface area contributed by atoms with Gasteiger partial charge in [0, 0.05) is 13.1 Å². The molecular weight excluding hydrogens is 290 g/mol. The average Bonchev–Trinajstić information content (AvgIpc) is 2.74. The number of primary amides is 1. The van der Waals surface area contributed by atoms with Crippen LogP contribution in [-0.4, -0.2) is 32.1 Å². The Bertz CT molecular complexity index is 552. The van der Waals surface area contributed by atoms with Gasteiger partial charge in [-0.2, -0.15) is 0 Å². The molecule has 116 valence electrons. The first kappa shape index (κ1) is 15.6. The predicted molar refractivity (Wildman–Crippen MR) is 83.8 cm³/mol. The van der Waals surface area contributed by atoms with E-state index in [1.165, 1.54) is 37.7 Å². The number of nitrogens with zero attached hydrogens (tertiary/aromatic N) is 1. The number of amides is 1. The van der Waals surface area contributed by atoms with E-state index in [9.17, 15) is 9.59 Å². The van der Waals surface area contributed by atoms with Gasteiger partial charge < -0.3 is 21.1 Å². The maximum Gasteiger partial charge on any atom is 0.350 e. The van der Waals surface area contributed by atoms with Gasteiger partial charge in [0.05, 0.1) is 18.4 Å². The summed E-state index contributed by atoms with van der Waals surface area (Å²) in [7, 11) is 1.29. The fraction of sp³-hybridized carbons (Fsp3) is 0.571. The highest BCUT2D eigenvalue weighted by Gasteiger charge is 2.29. The lowest BCUT2D eigenvalue weighted by atomic mass is 9.85. The molecule has 6 nitrogen and oxygen atoms in total. The molecule has 0 unspecified atom stereocenters. The third-order valence-corrected chi connectivity index (χ3v) is 5.16. The highest BCUT2D eigenvalue weighted by molar-refractivity contribution is 7.19. The number of nitrogen functional groups attached to an aromatic ring is 1. The topological polar surface area (TPSA) is 98.7 Å². The van der Waals surface area contributed by atoms with E-state index < -0.39 is 11.9 Å². The number of rotatable bonds is 6. The minimum Gasteiger partial charge on any atom is -0.465 e. The number of esters is 1. The summed E-state index contributed by atoms with van der Waals surface area (Å²) in [5.41, 5.74) is 11.7. The van der Waals surface area contributed by atoms with Crippen LogP contribution in [0.15, 0.2) is 0 Å². The molecule has 0 bridgehead atoms. The first-order valence-corrected chi connectivity index (χ1v) is 7.86. The van der Waals surface area contributed by atoms with Gasteiger partial charge >= 0.3 is 5.97 Å². The van der Waals surface area contributed by atoms with Crippen molar-refractivity contribution in [2.75, 3.05) is 30.8 Å². The smallest absolute Gasteiger partial charge is 0.350 e. The fourth-order valence-corrected chi connectivity index (χ4v) is 3.70. The van der Waals surface area contributed by atoms with Gasteiger partial charge in [0.25, 0.3) is 5.91 Å². The minimum absolute atomic E-state index is 0.126.